The molecule has 2 heterocycles. The summed E-state index contributed by atoms with van der Waals surface area (Å²) in [7, 11) is 0. The Balaban J connectivity index is 1.67. The number of hydrogen-bond donors (Lipinski definition) is 1. The summed E-state index contributed by atoms with van der Waals surface area (Å²) in [5, 5.41) is 3.73. The number of piperidine rings is 1. The van der Waals surface area contributed by atoms with Gasteiger partial charge in [0.2, 0.25) is 0 Å². The van der Waals surface area contributed by atoms with Crippen LogP contribution in [0.5, 0.6) is 0 Å². The fourth-order valence-electron chi connectivity index (χ4n) is 3.45. The topological polar surface area (TPSA) is 15.3 Å². The van der Waals surface area contributed by atoms with E-state index >= 15 is 0 Å². The number of halogens is 2. The molecule has 2 saturated heterocycles. The number of nitrogens with one attached hydrogen (secondary N) is 1. The van der Waals surface area contributed by atoms with E-state index in [0.29, 0.717) is 17.5 Å². The quantitative estimate of drug-likeness (QED) is 0.897. The van der Waals surface area contributed by atoms with Crippen molar-refractivity contribution in [3.63, 3.8) is 0 Å². The van der Waals surface area contributed by atoms with E-state index in [1.807, 2.05) is 12.1 Å². The molecule has 2 fully saturated rings. The van der Waals surface area contributed by atoms with Gasteiger partial charge < -0.3 is 5.32 Å². The highest BCUT2D eigenvalue weighted by atomic mass is 35.5. The highest BCUT2D eigenvalue weighted by Gasteiger charge is 2.38. The molecule has 104 valence electrons. The van der Waals surface area contributed by atoms with E-state index in [4.69, 9.17) is 11.6 Å². The van der Waals surface area contributed by atoms with E-state index in [9.17, 15) is 4.39 Å². The third-order valence-electron chi connectivity index (χ3n) is 4.50. The van der Waals surface area contributed by atoms with Crippen molar-refractivity contribution in [2.75, 3.05) is 26.2 Å². The van der Waals surface area contributed by atoms with Gasteiger partial charge in [0.15, 0.2) is 0 Å². The van der Waals surface area contributed by atoms with Gasteiger partial charge in [-0.1, -0.05) is 23.7 Å². The zero-order valence-electron chi connectivity index (χ0n) is 11.1. The molecule has 0 aliphatic carbocycles. The normalized spacial score (nSPS) is 28.1. The molecule has 0 amide bonds. The molecule has 0 aromatic heterocycles. The fourth-order valence-corrected chi connectivity index (χ4v) is 3.65. The van der Waals surface area contributed by atoms with Crippen LogP contribution in [0, 0.1) is 11.2 Å². The highest BCUT2D eigenvalue weighted by Crippen LogP contribution is 2.37. The van der Waals surface area contributed by atoms with Gasteiger partial charge in [-0.2, -0.15) is 0 Å². The fraction of sp³-hybridized carbons (Fsp3) is 0.600. The van der Waals surface area contributed by atoms with Gasteiger partial charge in [-0.3, -0.25) is 4.90 Å². The number of likely N-dealkylation sites (tertiary alicyclic amines) is 1. The van der Waals surface area contributed by atoms with Crippen LogP contribution in [0.1, 0.15) is 24.8 Å². The second kappa shape index (κ2) is 5.39. The van der Waals surface area contributed by atoms with Crippen molar-refractivity contribution in [1.82, 2.24) is 10.2 Å². The second-order valence-corrected chi connectivity index (χ2v) is 6.36. The Bertz CT molecular complexity index is 457. The highest BCUT2D eigenvalue weighted by molar-refractivity contribution is 6.30. The van der Waals surface area contributed by atoms with Crippen LogP contribution >= 0.6 is 11.6 Å². The minimum Gasteiger partial charge on any atom is -0.316 e. The van der Waals surface area contributed by atoms with Crippen LogP contribution in [-0.4, -0.2) is 31.1 Å². The van der Waals surface area contributed by atoms with Crippen LogP contribution < -0.4 is 5.32 Å². The molecule has 1 aromatic rings. The van der Waals surface area contributed by atoms with Crippen molar-refractivity contribution in [2.24, 2.45) is 5.41 Å². The van der Waals surface area contributed by atoms with E-state index in [2.05, 4.69) is 10.2 Å². The molecule has 0 bridgehead atoms. The first-order valence-electron chi connectivity index (χ1n) is 7.05. The summed E-state index contributed by atoms with van der Waals surface area (Å²) in [6.45, 7) is 5.07. The molecule has 0 saturated carbocycles. The van der Waals surface area contributed by atoms with Crippen molar-refractivity contribution in [2.45, 2.75) is 25.8 Å². The van der Waals surface area contributed by atoms with E-state index in [-0.39, 0.29) is 10.8 Å². The van der Waals surface area contributed by atoms with Crippen LogP contribution in [0.15, 0.2) is 18.2 Å². The molecule has 1 aromatic carbocycles. The molecular formula is C15H20ClFN2. The smallest absolute Gasteiger partial charge is 0.146 e. The lowest BCUT2D eigenvalue weighted by atomic mass is 9.80. The van der Waals surface area contributed by atoms with Crippen LogP contribution in [0.25, 0.3) is 0 Å². The largest absolute Gasteiger partial charge is 0.316 e. The average Bonchev–Trinajstić information content (AvgIpc) is 2.79. The molecule has 0 radical (unpaired) electrons. The third kappa shape index (κ3) is 2.78. The van der Waals surface area contributed by atoms with Crippen LogP contribution in [-0.2, 0) is 6.54 Å². The maximum absolute atomic E-state index is 13.9. The molecule has 2 nitrogen and oxygen atoms in total. The first-order chi connectivity index (χ1) is 9.19. The lowest BCUT2D eigenvalue weighted by Gasteiger charge is -2.34. The van der Waals surface area contributed by atoms with Gasteiger partial charge >= 0.3 is 0 Å². The van der Waals surface area contributed by atoms with Gasteiger partial charge in [0.25, 0.3) is 0 Å². The standard InChI is InChI=1S/C15H20ClFN2/c16-13-4-1-3-12(14(13)17)9-19-8-6-15(11-19)5-2-7-18-10-15/h1,3-4,18H,2,5-11H2. The van der Waals surface area contributed by atoms with E-state index in [0.717, 1.165) is 26.2 Å². The molecule has 1 N–H and O–H groups in total. The Morgan fingerprint density at radius 1 is 1.37 bits per heavy atom. The van der Waals surface area contributed by atoms with Gasteiger partial charge in [-0.05, 0) is 43.8 Å². The molecule has 1 atom stereocenters. The van der Waals surface area contributed by atoms with Crippen molar-refractivity contribution < 1.29 is 4.39 Å². The lowest BCUT2D eigenvalue weighted by Crippen LogP contribution is -2.41. The van der Waals surface area contributed by atoms with Crippen LogP contribution in [0.2, 0.25) is 5.02 Å². The average molecular weight is 283 g/mol. The maximum atomic E-state index is 13.9. The van der Waals surface area contributed by atoms with Crippen molar-refractivity contribution in [3.05, 3.63) is 34.6 Å². The number of nitrogens with zero attached hydrogens (tertiary/aromatic N) is 1. The zero-order valence-corrected chi connectivity index (χ0v) is 11.8. The minimum atomic E-state index is -0.258. The van der Waals surface area contributed by atoms with Crippen LogP contribution in [0.4, 0.5) is 4.39 Å². The minimum absolute atomic E-state index is 0.228. The maximum Gasteiger partial charge on any atom is 0.146 e. The van der Waals surface area contributed by atoms with Crippen molar-refractivity contribution >= 4 is 11.6 Å². The molecule has 19 heavy (non-hydrogen) atoms. The van der Waals surface area contributed by atoms with Gasteiger partial charge in [0.05, 0.1) is 5.02 Å². The summed E-state index contributed by atoms with van der Waals surface area (Å²) in [5.41, 5.74) is 1.14. The Kier molecular flexibility index (Phi) is 3.79. The van der Waals surface area contributed by atoms with E-state index in [1.165, 1.54) is 19.3 Å². The molecular weight excluding hydrogens is 263 g/mol. The summed E-state index contributed by atoms with van der Waals surface area (Å²) < 4.78 is 13.9. The van der Waals surface area contributed by atoms with Gasteiger partial charge in [0.1, 0.15) is 5.82 Å². The summed E-state index contributed by atoms with van der Waals surface area (Å²) in [6, 6.07) is 5.27. The Hall–Kier alpha value is -0.640. The second-order valence-electron chi connectivity index (χ2n) is 5.95. The summed E-state index contributed by atoms with van der Waals surface area (Å²) in [4.78, 5) is 2.36. The summed E-state index contributed by atoms with van der Waals surface area (Å²) >= 11 is 5.84. The zero-order chi connectivity index (χ0) is 13.3. The van der Waals surface area contributed by atoms with E-state index in [1.54, 1.807) is 6.07 Å². The number of rotatable bonds is 2. The summed E-state index contributed by atoms with van der Waals surface area (Å²) in [5.74, 6) is -0.258. The number of hydrogen-bond acceptors (Lipinski definition) is 2. The molecule has 3 rings (SSSR count). The SMILES string of the molecule is Fc1c(Cl)cccc1CN1CCC2(CCCNC2)C1. The summed E-state index contributed by atoms with van der Waals surface area (Å²) in [6.07, 6.45) is 3.79. The Morgan fingerprint density at radius 2 is 2.26 bits per heavy atom. The Labute approximate surface area is 118 Å². The molecule has 4 heteroatoms. The molecule has 2 aliphatic rings. The van der Waals surface area contributed by atoms with Crippen molar-refractivity contribution in [3.8, 4) is 0 Å². The molecule has 1 spiro atoms. The predicted octanol–water partition coefficient (Wildman–Crippen LogP) is 3.05. The van der Waals surface area contributed by atoms with Gasteiger partial charge in [0, 0.05) is 25.2 Å². The molecule has 2 aliphatic heterocycles. The van der Waals surface area contributed by atoms with Gasteiger partial charge in [-0.25, -0.2) is 4.39 Å². The molecule has 1 unspecified atom stereocenters. The first kappa shape index (κ1) is 13.3. The first-order valence-corrected chi connectivity index (χ1v) is 7.42. The van der Waals surface area contributed by atoms with Crippen LogP contribution in [0.3, 0.4) is 0 Å². The predicted molar refractivity (Wildman–Crippen MR) is 75.8 cm³/mol. The number of benzene rings is 1. The third-order valence-corrected chi connectivity index (χ3v) is 4.80. The van der Waals surface area contributed by atoms with Gasteiger partial charge in [-0.15, -0.1) is 0 Å². The monoisotopic (exact) mass is 282 g/mol. The van der Waals surface area contributed by atoms with Crippen molar-refractivity contribution in [1.29, 1.82) is 0 Å². The Morgan fingerprint density at radius 3 is 3.05 bits per heavy atom. The van der Waals surface area contributed by atoms with E-state index < -0.39 is 0 Å². The lowest BCUT2D eigenvalue weighted by molar-refractivity contribution is 0.199.